The second-order valence-corrected chi connectivity index (χ2v) is 8.39. The molecule has 0 aliphatic carbocycles. The van der Waals surface area contributed by atoms with E-state index in [0.29, 0.717) is 11.4 Å². The summed E-state index contributed by atoms with van der Waals surface area (Å²) < 4.78 is 26.7. The number of nitrogens with one attached hydrogen (secondary N) is 2. The lowest BCUT2D eigenvalue weighted by atomic mass is 10.2. The Morgan fingerprint density at radius 1 is 1.33 bits per heavy atom. The van der Waals surface area contributed by atoms with Gasteiger partial charge >= 0.3 is 0 Å². The first-order valence-corrected chi connectivity index (χ1v) is 9.93. The Morgan fingerprint density at radius 2 is 2.04 bits per heavy atom. The topological polar surface area (TPSA) is 101 Å². The lowest BCUT2D eigenvalue weighted by molar-refractivity contribution is 0.102. The lowest BCUT2D eigenvalue weighted by Gasteiger charge is -2.10. The molecule has 0 saturated heterocycles. The van der Waals surface area contributed by atoms with Crippen LogP contribution in [0.15, 0.2) is 28.6 Å². The van der Waals surface area contributed by atoms with Crippen molar-refractivity contribution in [1.82, 2.24) is 14.9 Å². The van der Waals surface area contributed by atoms with E-state index in [1.165, 1.54) is 0 Å². The number of aromatic nitrogens is 2. The van der Waals surface area contributed by atoms with Gasteiger partial charge in [-0.15, -0.1) is 10.2 Å². The van der Waals surface area contributed by atoms with Crippen LogP contribution in [0.4, 0.5) is 5.13 Å². The Kier molecular flexibility index (Phi) is 6.27. The number of hydrogen-bond acceptors (Lipinski definition) is 6. The number of anilines is 1. The Morgan fingerprint density at radius 3 is 2.71 bits per heavy atom. The van der Waals surface area contributed by atoms with E-state index < -0.39 is 15.9 Å². The van der Waals surface area contributed by atoms with Crippen LogP contribution >= 0.6 is 22.9 Å². The van der Waals surface area contributed by atoms with Gasteiger partial charge in [0.05, 0.1) is 10.6 Å². The summed E-state index contributed by atoms with van der Waals surface area (Å²) in [6.07, 6.45) is 1.58. The number of sulfonamides is 1. The van der Waals surface area contributed by atoms with Gasteiger partial charge in [-0.25, -0.2) is 13.1 Å². The number of rotatable bonds is 7. The van der Waals surface area contributed by atoms with Crippen molar-refractivity contribution in [2.75, 3.05) is 5.32 Å². The maximum atomic E-state index is 12.2. The summed E-state index contributed by atoms with van der Waals surface area (Å²) in [7, 11) is -3.75. The van der Waals surface area contributed by atoms with Gasteiger partial charge in [0.2, 0.25) is 9.47 Å². The summed E-state index contributed by atoms with van der Waals surface area (Å²) in [5.41, 5.74) is 0.272. The monoisotopic (exact) mass is 388 g/mol. The van der Waals surface area contributed by atoms with E-state index in [0.717, 1.165) is 17.8 Å². The number of carbonyl (C=O) groups is 1. The van der Waals surface area contributed by atoms with Gasteiger partial charge in [0.25, 0.3) is 15.9 Å². The Labute approximate surface area is 149 Å². The van der Waals surface area contributed by atoms with Crippen molar-refractivity contribution >= 4 is 44.0 Å². The van der Waals surface area contributed by atoms with Gasteiger partial charge in [0.1, 0.15) is 0 Å². The third-order valence-corrected chi connectivity index (χ3v) is 6.18. The van der Waals surface area contributed by atoms with E-state index >= 15 is 0 Å². The van der Waals surface area contributed by atoms with Crippen LogP contribution in [0.5, 0.6) is 0 Å². The highest BCUT2D eigenvalue weighted by Crippen LogP contribution is 2.22. The molecule has 7 nitrogen and oxygen atoms in total. The number of halogens is 1. The molecule has 24 heavy (non-hydrogen) atoms. The average molecular weight is 389 g/mol. The minimum Gasteiger partial charge on any atom is -0.296 e. The molecule has 1 aromatic carbocycles. The molecule has 1 amide bonds. The molecular weight excluding hydrogens is 372 g/mol. The van der Waals surface area contributed by atoms with Crippen molar-refractivity contribution in [3.63, 3.8) is 0 Å². The smallest absolute Gasteiger partial charge is 0.270 e. The molecule has 2 rings (SSSR count). The van der Waals surface area contributed by atoms with E-state index in [-0.39, 0.29) is 21.1 Å². The quantitative estimate of drug-likeness (QED) is 0.710. The molecule has 1 atom stereocenters. The number of amides is 1. The van der Waals surface area contributed by atoms with Crippen molar-refractivity contribution in [1.29, 1.82) is 0 Å². The van der Waals surface area contributed by atoms with Crippen LogP contribution < -0.4 is 10.0 Å². The molecule has 0 radical (unpaired) electrons. The molecule has 0 spiro atoms. The predicted octanol–water partition coefficient (Wildman–Crippen LogP) is 2.91. The third kappa shape index (κ3) is 4.73. The summed E-state index contributed by atoms with van der Waals surface area (Å²) >= 11 is 6.73. The maximum absolute atomic E-state index is 12.2. The van der Waals surface area contributed by atoms with Crippen LogP contribution in [0.25, 0.3) is 0 Å². The van der Waals surface area contributed by atoms with Crippen LogP contribution in [0.2, 0.25) is 5.02 Å². The molecule has 0 fully saturated rings. The average Bonchev–Trinajstić information content (AvgIpc) is 2.96. The lowest BCUT2D eigenvalue weighted by Crippen LogP contribution is -2.32. The summed E-state index contributed by atoms with van der Waals surface area (Å²) in [5.74, 6) is -0.479. The zero-order valence-electron chi connectivity index (χ0n) is 13.1. The first-order valence-electron chi connectivity index (χ1n) is 7.25. The highest BCUT2D eigenvalue weighted by atomic mass is 35.5. The Balaban J connectivity index is 2.10. The number of nitrogens with zero attached hydrogens (tertiary/aromatic N) is 2. The van der Waals surface area contributed by atoms with Crippen LogP contribution in [-0.2, 0) is 10.0 Å². The van der Waals surface area contributed by atoms with Gasteiger partial charge in [-0.2, -0.15) is 0 Å². The molecule has 2 N–H and O–H groups in total. The van der Waals surface area contributed by atoms with E-state index in [9.17, 15) is 13.2 Å². The highest BCUT2D eigenvalue weighted by Gasteiger charge is 2.23. The highest BCUT2D eigenvalue weighted by molar-refractivity contribution is 7.91. The molecule has 0 bridgehead atoms. The maximum Gasteiger partial charge on any atom is 0.270 e. The molecule has 130 valence electrons. The van der Waals surface area contributed by atoms with Gasteiger partial charge in [0.15, 0.2) is 0 Å². The van der Waals surface area contributed by atoms with Gasteiger partial charge in [-0.3, -0.25) is 10.1 Å². The molecule has 10 heteroatoms. The SMILES string of the molecule is CCCC(C)NS(=O)(=O)c1nnc(NC(=O)c2ccccc2Cl)s1. The molecule has 1 aromatic heterocycles. The summed E-state index contributed by atoms with van der Waals surface area (Å²) in [5, 5.41) is 10.2. The number of carbonyl (C=O) groups excluding carboxylic acids is 1. The molecule has 1 unspecified atom stereocenters. The van der Waals surface area contributed by atoms with Gasteiger partial charge < -0.3 is 0 Å². The fourth-order valence-corrected chi connectivity index (χ4v) is 4.40. The van der Waals surface area contributed by atoms with E-state index in [1.54, 1.807) is 31.2 Å². The number of benzene rings is 1. The zero-order chi connectivity index (χ0) is 17.7. The summed E-state index contributed by atoms with van der Waals surface area (Å²) in [6, 6.07) is 6.33. The molecule has 0 aliphatic rings. The van der Waals surface area contributed by atoms with Crippen molar-refractivity contribution < 1.29 is 13.2 Å². The second kappa shape index (κ2) is 8.02. The van der Waals surface area contributed by atoms with E-state index in [1.807, 2.05) is 6.92 Å². The molecular formula is C14H17ClN4O3S2. The Hall–Kier alpha value is -1.55. The summed E-state index contributed by atoms with van der Waals surface area (Å²) in [6.45, 7) is 3.75. The van der Waals surface area contributed by atoms with Gasteiger partial charge in [-0.05, 0) is 25.5 Å². The molecule has 1 heterocycles. The fourth-order valence-electron chi connectivity index (χ4n) is 1.99. The summed E-state index contributed by atoms with van der Waals surface area (Å²) in [4.78, 5) is 12.1. The zero-order valence-corrected chi connectivity index (χ0v) is 15.5. The first-order chi connectivity index (χ1) is 11.3. The minimum atomic E-state index is -3.75. The van der Waals surface area contributed by atoms with Crippen LogP contribution in [0.3, 0.4) is 0 Å². The minimum absolute atomic E-state index is 0.0865. The third-order valence-electron chi connectivity index (χ3n) is 3.05. The fraction of sp³-hybridized carbons (Fsp3) is 0.357. The van der Waals surface area contributed by atoms with Gasteiger partial charge in [0, 0.05) is 6.04 Å². The molecule has 0 aliphatic heterocycles. The van der Waals surface area contributed by atoms with Crippen LogP contribution in [0, 0.1) is 0 Å². The normalized spacial score (nSPS) is 12.8. The molecule has 0 saturated carbocycles. The van der Waals surface area contributed by atoms with Crippen molar-refractivity contribution in [3.8, 4) is 0 Å². The predicted molar refractivity (Wildman–Crippen MR) is 94.0 cm³/mol. The van der Waals surface area contributed by atoms with Crippen molar-refractivity contribution in [3.05, 3.63) is 34.9 Å². The van der Waals surface area contributed by atoms with Crippen molar-refractivity contribution in [2.24, 2.45) is 0 Å². The van der Waals surface area contributed by atoms with Crippen LogP contribution in [-0.4, -0.2) is 30.6 Å². The van der Waals surface area contributed by atoms with E-state index in [4.69, 9.17) is 11.6 Å². The second-order valence-electron chi connectivity index (χ2n) is 5.12. The standard InChI is InChI=1S/C14H17ClN4O3S2/c1-3-6-9(2)19-24(21,22)14-18-17-13(23-14)16-12(20)10-7-4-5-8-11(10)15/h4-5,7-9,19H,3,6H2,1-2H3,(H,16,17,20). The van der Waals surface area contributed by atoms with Crippen molar-refractivity contribution in [2.45, 2.75) is 37.1 Å². The first kappa shape index (κ1) is 18.8. The number of hydrogen-bond donors (Lipinski definition) is 2. The van der Waals surface area contributed by atoms with E-state index in [2.05, 4.69) is 20.2 Å². The molecule has 2 aromatic rings. The Bertz CT molecular complexity index is 823. The van der Waals surface area contributed by atoms with Gasteiger partial charge in [-0.1, -0.05) is 48.4 Å². The van der Waals surface area contributed by atoms with Crippen LogP contribution in [0.1, 0.15) is 37.0 Å². The largest absolute Gasteiger partial charge is 0.296 e.